The van der Waals surface area contributed by atoms with E-state index in [1.165, 1.54) is 0 Å². The minimum Gasteiger partial charge on any atom is -0.444 e. The number of aromatic nitrogens is 2. The monoisotopic (exact) mass is 330 g/mol. The molecule has 24 heavy (non-hydrogen) atoms. The van der Waals surface area contributed by atoms with Gasteiger partial charge in [0.05, 0.1) is 11.7 Å². The Balaban J connectivity index is 1.93. The Hall–Kier alpha value is -2.83. The van der Waals surface area contributed by atoms with E-state index >= 15 is 0 Å². The largest absolute Gasteiger partial charge is 0.444 e. The Labute approximate surface area is 140 Å². The summed E-state index contributed by atoms with van der Waals surface area (Å²) in [6.07, 6.45) is 1.10. The molecule has 0 radical (unpaired) electrons. The van der Waals surface area contributed by atoms with Crippen LogP contribution in [0, 0.1) is 0 Å². The van der Waals surface area contributed by atoms with Crippen LogP contribution in [0.1, 0.15) is 49.8 Å². The highest BCUT2D eigenvalue weighted by atomic mass is 16.6. The molecule has 1 aromatic carbocycles. The molecule has 2 aromatic rings. The lowest BCUT2D eigenvalue weighted by atomic mass is 10.1. The number of nitrogens with zero attached hydrogens (tertiary/aromatic N) is 1. The minimum atomic E-state index is -0.563. The maximum absolute atomic E-state index is 12.2. The second-order valence-electron chi connectivity index (χ2n) is 6.41. The third-order valence-corrected chi connectivity index (χ3v) is 3.13. The number of anilines is 1. The van der Waals surface area contributed by atoms with Gasteiger partial charge in [0, 0.05) is 17.4 Å². The fraction of sp³-hybridized carbons (Fsp3) is 0.353. The van der Waals surface area contributed by atoms with Crippen molar-refractivity contribution in [1.82, 2.24) is 15.5 Å². The molecule has 128 valence electrons. The number of rotatable bonds is 4. The van der Waals surface area contributed by atoms with Crippen molar-refractivity contribution >= 4 is 17.7 Å². The van der Waals surface area contributed by atoms with Gasteiger partial charge in [-0.25, -0.2) is 4.79 Å². The molecule has 0 bridgehead atoms. The molecule has 0 spiro atoms. The summed E-state index contributed by atoms with van der Waals surface area (Å²) in [5.74, 6) is -0.207. The van der Waals surface area contributed by atoms with Crippen LogP contribution in [0.15, 0.2) is 36.5 Å². The van der Waals surface area contributed by atoms with Crippen molar-refractivity contribution in [2.45, 2.75) is 39.3 Å². The molecule has 2 rings (SSSR count). The fourth-order valence-corrected chi connectivity index (χ4v) is 1.99. The number of H-pyrrole nitrogens is 1. The number of nitrogens with one attached hydrogen (secondary N) is 3. The quantitative estimate of drug-likeness (QED) is 0.802. The molecule has 1 aromatic heterocycles. The predicted molar refractivity (Wildman–Crippen MR) is 90.8 cm³/mol. The Kier molecular flexibility index (Phi) is 5.23. The Morgan fingerprint density at radius 3 is 2.38 bits per heavy atom. The lowest BCUT2D eigenvalue weighted by Crippen LogP contribution is -2.27. The van der Waals surface area contributed by atoms with Crippen molar-refractivity contribution in [2.75, 3.05) is 5.32 Å². The van der Waals surface area contributed by atoms with Gasteiger partial charge in [-0.2, -0.15) is 5.10 Å². The Morgan fingerprint density at radius 1 is 1.17 bits per heavy atom. The molecule has 3 N–H and O–H groups in total. The van der Waals surface area contributed by atoms with E-state index in [1.54, 1.807) is 57.3 Å². The summed E-state index contributed by atoms with van der Waals surface area (Å²) in [7, 11) is 0. The summed E-state index contributed by atoms with van der Waals surface area (Å²) >= 11 is 0. The molecule has 0 unspecified atom stereocenters. The van der Waals surface area contributed by atoms with Crippen LogP contribution in [0.25, 0.3) is 0 Å². The zero-order valence-corrected chi connectivity index (χ0v) is 14.2. The van der Waals surface area contributed by atoms with Crippen molar-refractivity contribution in [1.29, 1.82) is 0 Å². The summed E-state index contributed by atoms with van der Waals surface area (Å²) in [5.41, 5.74) is 1.32. The highest BCUT2D eigenvalue weighted by molar-refractivity contribution is 5.95. The lowest BCUT2D eigenvalue weighted by Gasteiger charge is -2.19. The van der Waals surface area contributed by atoms with Crippen molar-refractivity contribution < 1.29 is 14.3 Å². The van der Waals surface area contributed by atoms with Crippen LogP contribution in [0.4, 0.5) is 10.5 Å². The molecule has 1 atom stereocenters. The van der Waals surface area contributed by atoms with Crippen molar-refractivity contribution in [3.63, 3.8) is 0 Å². The first-order valence-electron chi connectivity index (χ1n) is 7.65. The van der Waals surface area contributed by atoms with Crippen LogP contribution >= 0.6 is 0 Å². The first-order chi connectivity index (χ1) is 11.2. The summed E-state index contributed by atoms with van der Waals surface area (Å²) in [6, 6.07) is 8.21. The van der Waals surface area contributed by atoms with E-state index in [1.807, 2.05) is 6.92 Å². The first kappa shape index (κ1) is 17.5. The van der Waals surface area contributed by atoms with Crippen LogP contribution in [-0.4, -0.2) is 27.8 Å². The number of benzene rings is 1. The van der Waals surface area contributed by atoms with Gasteiger partial charge in [0.1, 0.15) is 5.60 Å². The van der Waals surface area contributed by atoms with Gasteiger partial charge >= 0.3 is 6.09 Å². The maximum atomic E-state index is 12.2. The molecule has 0 aliphatic carbocycles. The van der Waals surface area contributed by atoms with Gasteiger partial charge in [-0.1, -0.05) is 0 Å². The van der Waals surface area contributed by atoms with Gasteiger partial charge < -0.3 is 10.1 Å². The van der Waals surface area contributed by atoms with E-state index in [0.717, 1.165) is 5.69 Å². The highest BCUT2D eigenvalue weighted by Gasteiger charge is 2.16. The lowest BCUT2D eigenvalue weighted by molar-refractivity contribution is 0.0635. The van der Waals surface area contributed by atoms with Crippen LogP contribution in [0.5, 0.6) is 0 Å². The Bertz CT molecular complexity index is 688. The molecule has 0 aliphatic heterocycles. The zero-order valence-electron chi connectivity index (χ0n) is 14.2. The number of hydrogen-bond acceptors (Lipinski definition) is 4. The van der Waals surface area contributed by atoms with E-state index in [0.29, 0.717) is 11.3 Å². The van der Waals surface area contributed by atoms with Gasteiger partial charge in [-0.15, -0.1) is 0 Å². The van der Waals surface area contributed by atoms with Gasteiger partial charge in [0.15, 0.2) is 0 Å². The second-order valence-corrected chi connectivity index (χ2v) is 6.41. The van der Waals surface area contributed by atoms with Crippen LogP contribution in [0.3, 0.4) is 0 Å². The molecule has 0 aliphatic rings. The number of ether oxygens (including phenoxy) is 1. The van der Waals surface area contributed by atoms with Crippen molar-refractivity contribution in [3.8, 4) is 0 Å². The minimum absolute atomic E-state index is 0.181. The van der Waals surface area contributed by atoms with E-state index < -0.39 is 11.7 Å². The molecule has 7 heteroatoms. The zero-order chi connectivity index (χ0) is 17.7. The SMILES string of the molecule is C[C@H](NC(=O)c1ccc(NC(=O)OC(C)(C)C)cc1)c1ccn[nH]1. The molecule has 0 fully saturated rings. The Morgan fingerprint density at radius 2 is 1.83 bits per heavy atom. The van der Waals surface area contributed by atoms with Gasteiger partial charge in [0.25, 0.3) is 5.91 Å². The van der Waals surface area contributed by atoms with E-state index in [2.05, 4.69) is 20.8 Å². The smallest absolute Gasteiger partial charge is 0.412 e. The fourth-order valence-electron chi connectivity index (χ4n) is 1.99. The maximum Gasteiger partial charge on any atom is 0.412 e. The second kappa shape index (κ2) is 7.16. The molecular formula is C17H22N4O3. The van der Waals surface area contributed by atoms with Crippen LogP contribution in [0.2, 0.25) is 0 Å². The summed E-state index contributed by atoms with van der Waals surface area (Å²) in [5, 5.41) is 12.2. The van der Waals surface area contributed by atoms with Crippen molar-refractivity contribution in [3.05, 3.63) is 47.8 Å². The molecule has 2 amide bonds. The number of carbonyl (C=O) groups is 2. The third kappa shape index (κ3) is 5.12. The summed E-state index contributed by atoms with van der Waals surface area (Å²) < 4.78 is 5.17. The third-order valence-electron chi connectivity index (χ3n) is 3.13. The number of hydrogen-bond donors (Lipinski definition) is 3. The van der Waals surface area contributed by atoms with Crippen LogP contribution in [-0.2, 0) is 4.74 Å². The topological polar surface area (TPSA) is 96.1 Å². The summed E-state index contributed by atoms with van der Waals surface area (Å²) in [6.45, 7) is 7.24. The predicted octanol–water partition coefficient (Wildman–Crippen LogP) is 3.25. The van der Waals surface area contributed by atoms with E-state index in [9.17, 15) is 9.59 Å². The summed E-state index contributed by atoms with van der Waals surface area (Å²) in [4.78, 5) is 23.9. The first-order valence-corrected chi connectivity index (χ1v) is 7.65. The normalized spacial score (nSPS) is 12.3. The average Bonchev–Trinajstić information content (AvgIpc) is 3.00. The van der Waals surface area contributed by atoms with Crippen LogP contribution < -0.4 is 10.6 Å². The standard InChI is InChI=1S/C17H22N4O3/c1-11(14-9-10-18-21-14)19-15(22)12-5-7-13(8-6-12)20-16(23)24-17(2,3)4/h5-11H,1-4H3,(H,18,21)(H,19,22)(H,20,23)/t11-/m0/s1. The molecule has 0 saturated heterocycles. The van der Waals surface area contributed by atoms with E-state index in [4.69, 9.17) is 4.74 Å². The van der Waals surface area contributed by atoms with Gasteiger partial charge in [-0.3, -0.25) is 15.2 Å². The van der Waals surface area contributed by atoms with Crippen molar-refractivity contribution in [2.24, 2.45) is 0 Å². The van der Waals surface area contributed by atoms with Gasteiger partial charge in [-0.05, 0) is 58.0 Å². The molecule has 7 nitrogen and oxygen atoms in total. The average molecular weight is 330 g/mol. The molecular weight excluding hydrogens is 308 g/mol. The van der Waals surface area contributed by atoms with Gasteiger partial charge in [0.2, 0.25) is 0 Å². The molecule has 1 heterocycles. The number of carbonyl (C=O) groups excluding carboxylic acids is 2. The number of amides is 2. The molecule has 0 saturated carbocycles. The highest BCUT2D eigenvalue weighted by Crippen LogP contribution is 2.14. The van der Waals surface area contributed by atoms with E-state index in [-0.39, 0.29) is 11.9 Å². The number of aromatic amines is 1.